The zero-order chi connectivity index (χ0) is 15.8. The molecule has 0 aromatic heterocycles. The number of carbonyl (C=O) groups is 4. The molecule has 0 atom stereocenters. The summed E-state index contributed by atoms with van der Waals surface area (Å²) in [6.07, 6.45) is 4.01. The van der Waals surface area contributed by atoms with E-state index in [1.165, 1.54) is 39.8 Å². The summed E-state index contributed by atoms with van der Waals surface area (Å²) in [5.41, 5.74) is 4.74. The molecule has 108 valence electrons. The van der Waals surface area contributed by atoms with Crippen molar-refractivity contribution >= 4 is 23.4 Å². The SMILES string of the molecule is C=COC(C)=O.CC(=O)CC=CC(N)=O.CC(C)=O. The summed E-state index contributed by atoms with van der Waals surface area (Å²) in [4.78, 5) is 39.4. The largest absolute Gasteiger partial charge is 0.435 e. The number of hydrogen-bond acceptors (Lipinski definition) is 5. The van der Waals surface area contributed by atoms with Crippen molar-refractivity contribution in [1.82, 2.24) is 0 Å². The molecule has 0 aliphatic rings. The summed E-state index contributed by atoms with van der Waals surface area (Å²) in [5.74, 6) is -0.659. The van der Waals surface area contributed by atoms with Gasteiger partial charge in [0.15, 0.2) is 0 Å². The number of allylic oxidation sites excluding steroid dienone is 1. The quantitative estimate of drug-likeness (QED) is 0.471. The van der Waals surface area contributed by atoms with E-state index in [4.69, 9.17) is 5.73 Å². The van der Waals surface area contributed by atoms with Crippen LogP contribution in [0.15, 0.2) is 25.0 Å². The van der Waals surface area contributed by atoms with Crippen molar-refractivity contribution in [2.24, 2.45) is 5.73 Å². The Labute approximate surface area is 113 Å². The molecule has 0 spiro atoms. The predicted molar refractivity (Wildman–Crippen MR) is 72.0 cm³/mol. The van der Waals surface area contributed by atoms with Gasteiger partial charge in [-0.1, -0.05) is 12.7 Å². The maximum Gasteiger partial charge on any atom is 0.307 e. The van der Waals surface area contributed by atoms with Gasteiger partial charge in [0.2, 0.25) is 5.91 Å². The summed E-state index contributed by atoms with van der Waals surface area (Å²) < 4.78 is 4.17. The Balaban J connectivity index is -0.000000222. The summed E-state index contributed by atoms with van der Waals surface area (Å²) >= 11 is 0. The first-order chi connectivity index (χ1) is 8.63. The minimum Gasteiger partial charge on any atom is -0.435 e. The lowest BCUT2D eigenvalue weighted by Gasteiger charge is -1.83. The molecule has 6 nitrogen and oxygen atoms in total. The molecular formula is C13H21NO5. The van der Waals surface area contributed by atoms with E-state index >= 15 is 0 Å². The number of Topliss-reactive ketones (excluding diaryl/α,β-unsaturated/α-hetero) is 2. The average Bonchev–Trinajstić information content (AvgIpc) is 2.15. The normalized spacial score (nSPS) is 8.21. The minimum atomic E-state index is -0.517. The number of amides is 1. The molecule has 0 rings (SSSR count). The van der Waals surface area contributed by atoms with Crippen LogP contribution in [0.1, 0.15) is 34.1 Å². The summed E-state index contributed by atoms with van der Waals surface area (Å²) in [5, 5.41) is 0. The molecular weight excluding hydrogens is 250 g/mol. The highest BCUT2D eigenvalue weighted by Gasteiger charge is 1.86. The highest BCUT2D eigenvalue weighted by Crippen LogP contribution is 1.82. The van der Waals surface area contributed by atoms with Crippen molar-refractivity contribution in [3.8, 4) is 0 Å². The number of hydrogen-bond donors (Lipinski definition) is 1. The smallest absolute Gasteiger partial charge is 0.307 e. The number of ether oxygens (including phenoxy) is 1. The molecule has 0 bridgehead atoms. The third-order valence-electron chi connectivity index (χ3n) is 0.937. The second kappa shape index (κ2) is 15.8. The van der Waals surface area contributed by atoms with Crippen LogP contribution >= 0.6 is 0 Å². The summed E-state index contributed by atoms with van der Waals surface area (Å²) in [6, 6.07) is 0. The minimum absolute atomic E-state index is 0.0208. The van der Waals surface area contributed by atoms with Gasteiger partial charge in [-0.3, -0.25) is 14.4 Å². The monoisotopic (exact) mass is 271 g/mol. The van der Waals surface area contributed by atoms with E-state index in [1.807, 2.05) is 0 Å². The van der Waals surface area contributed by atoms with E-state index in [9.17, 15) is 19.2 Å². The number of rotatable bonds is 4. The molecule has 0 fully saturated rings. The van der Waals surface area contributed by atoms with Gasteiger partial charge >= 0.3 is 5.97 Å². The topological polar surface area (TPSA) is 104 Å². The maximum absolute atomic E-state index is 10.2. The van der Waals surface area contributed by atoms with Gasteiger partial charge in [0, 0.05) is 13.3 Å². The molecule has 19 heavy (non-hydrogen) atoms. The molecule has 0 radical (unpaired) electrons. The van der Waals surface area contributed by atoms with Gasteiger partial charge in [-0.15, -0.1) is 0 Å². The predicted octanol–water partition coefficient (Wildman–Crippen LogP) is 1.30. The van der Waals surface area contributed by atoms with Crippen molar-refractivity contribution in [3.63, 3.8) is 0 Å². The Morgan fingerprint density at radius 3 is 1.68 bits per heavy atom. The maximum atomic E-state index is 10.2. The van der Waals surface area contributed by atoms with Crippen LogP contribution in [0.25, 0.3) is 0 Å². The van der Waals surface area contributed by atoms with Crippen molar-refractivity contribution in [2.45, 2.75) is 34.1 Å². The van der Waals surface area contributed by atoms with Crippen LogP contribution in [-0.4, -0.2) is 23.4 Å². The third-order valence-corrected chi connectivity index (χ3v) is 0.937. The summed E-state index contributed by atoms with van der Waals surface area (Å²) in [7, 11) is 0. The second-order valence-electron chi connectivity index (χ2n) is 3.40. The standard InChI is InChI=1S/C6H9NO2.C4H6O2.C3H6O/c1-5(8)3-2-4-6(7)9;1-3-6-4(2)5;1-3(2)4/h2,4H,3H2,1H3,(H2,7,9);3H,1H2,2H3;1-2H3. The Morgan fingerprint density at radius 1 is 1.11 bits per heavy atom. The number of esters is 1. The van der Waals surface area contributed by atoms with E-state index in [-0.39, 0.29) is 24.0 Å². The van der Waals surface area contributed by atoms with Gasteiger partial charge < -0.3 is 15.3 Å². The van der Waals surface area contributed by atoms with Crippen LogP contribution in [0.4, 0.5) is 0 Å². The van der Waals surface area contributed by atoms with Gasteiger partial charge in [0.1, 0.15) is 11.6 Å². The van der Waals surface area contributed by atoms with Gasteiger partial charge in [-0.25, -0.2) is 0 Å². The fourth-order valence-corrected chi connectivity index (χ4v) is 0.458. The first-order valence-electron chi connectivity index (χ1n) is 5.34. The number of carbonyl (C=O) groups excluding carboxylic acids is 4. The molecule has 0 heterocycles. The molecule has 6 heteroatoms. The lowest BCUT2D eigenvalue weighted by Crippen LogP contribution is -2.05. The first kappa shape index (κ1) is 22.0. The van der Waals surface area contributed by atoms with Crippen molar-refractivity contribution in [1.29, 1.82) is 0 Å². The van der Waals surface area contributed by atoms with E-state index in [2.05, 4.69) is 11.3 Å². The van der Waals surface area contributed by atoms with Crippen LogP contribution in [0.5, 0.6) is 0 Å². The fourth-order valence-electron chi connectivity index (χ4n) is 0.458. The van der Waals surface area contributed by atoms with E-state index in [0.29, 0.717) is 0 Å². The van der Waals surface area contributed by atoms with Gasteiger partial charge in [0.25, 0.3) is 0 Å². The average molecular weight is 271 g/mol. The Hall–Kier alpha value is -2.24. The highest BCUT2D eigenvalue weighted by molar-refractivity contribution is 5.87. The summed E-state index contributed by atoms with van der Waals surface area (Å²) in [6.45, 7) is 8.98. The van der Waals surface area contributed by atoms with E-state index < -0.39 is 5.91 Å². The van der Waals surface area contributed by atoms with E-state index in [0.717, 1.165) is 6.26 Å². The van der Waals surface area contributed by atoms with Crippen LogP contribution in [0.2, 0.25) is 0 Å². The van der Waals surface area contributed by atoms with Crippen molar-refractivity contribution in [3.05, 3.63) is 25.0 Å². The van der Waals surface area contributed by atoms with Crippen LogP contribution < -0.4 is 5.73 Å². The molecule has 1 amide bonds. The molecule has 2 N–H and O–H groups in total. The van der Waals surface area contributed by atoms with Gasteiger partial charge in [-0.2, -0.15) is 0 Å². The number of primary amides is 1. The van der Waals surface area contributed by atoms with Crippen LogP contribution in [-0.2, 0) is 23.9 Å². The third kappa shape index (κ3) is 65.3. The van der Waals surface area contributed by atoms with Crippen molar-refractivity contribution in [2.75, 3.05) is 0 Å². The molecule has 0 aromatic rings. The van der Waals surface area contributed by atoms with E-state index in [1.54, 1.807) is 0 Å². The van der Waals surface area contributed by atoms with Gasteiger partial charge in [0.05, 0.1) is 6.26 Å². The van der Waals surface area contributed by atoms with Crippen LogP contribution in [0, 0.1) is 0 Å². The van der Waals surface area contributed by atoms with Crippen LogP contribution in [0.3, 0.4) is 0 Å². The molecule has 0 aliphatic heterocycles. The number of nitrogens with two attached hydrogens (primary N) is 1. The number of ketones is 2. The molecule has 0 aromatic carbocycles. The lowest BCUT2D eigenvalue weighted by atomic mass is 10.3. The molecule has 0 aliphatic carbocycles. The van der Waals surface area contributed by atoms with Crippen molar-refractivity contribution < 1.29 is 23.9 Å². The Kier molecular flexibility index (Phi) is 18.2. The Bertz CT molecular complexity index is 341. The molecule has 0 saturated heterocycles. The highest BCUT2D eigenvalue weighted by atomic mass is 16.5. The zero-order valence-electron chi connectivity index (χ0n) is 11.8. The van der Waals surface area contributed by atoms with Gasteiger partial charge in [-0.05, 0) is 26.8 Å². The molecule has 0 saturated carbocycles. The first-order valence-corrected chi connectivity index (χ1v) is 5.34. The lowest BCUT2D eigenvalue weighted by molar-refractivity contribution is -0.135. The zero-order valence-corrected chi connectivity index (χ0v) is 11.8. The Morgan fingerprint density at radius 2 is 1.53 bits per heavy atom. The second-order valence-corrected chi connectivity index (χ2v) is 3.40. The molecule has 0 unspecified atom stereocenters. The fraction of sp³-hybridized carbons (Fsp3) is 0.385.